The average Bonchev–Trinajstić information content (AvgIpc) is 3.06. The maximum absolute atomic E-state index is 3.43. The summed E-state index contributed by atoms with van der Waals surface area (Å²) in [5.41, 5.74) is 7.20. The molecule has 2 heteroatoms. The fraction of sp³-hybridized carbons (Fsp3) is 0.391. The molecule has 1 aliphatic rings. The van der Waals surface area contributed by atoms with Gasteiger partial charge in [0, 0.05) is 23.1 Å². The van der Waals surface area contributed by atoms with E-state index in [1.54, 1.807) is 5.56 Å². The van der Waals surface area contributed by atoms with Gasteiger partial charge in [0.1, 0.15) is 0 Å². The molecule has 1 N–H and O–H groups in total. The fourth-order valence-electron chi connectivity index (χ4n) is 4.68. The van der Waals surface area contributed by atoms with Gasteiger partial charge in [-0.1, -0.05) is 36.4 Å². The molecule has 0 saturated carbocycles. The number of rotatable bonds is 3. The molecule has 25 heavy (non-hydrogen) atoms. The van der Waals surface area contributed by atoms with E-state index in [0.717, 1.165) is 0 Å². The predicted octanol–water partition coefficient (Wildman–Crippen LogP) is 5.73. The van der Waals surface area contributed by atoms with Crippen molar-refractivity contribution in [2.24, 2.45) is 0 Å². The SMILES string of the molecule is Cc1cccc(C)c1C1CCN(C(C)c2c[nH]c3ccccc23)CC1. The topological polar surface area (TPSA) is 19.0 Å². The van der Waals surface area contributed by atoms with Crippen LogP contribution in [0.2, 0.25) is 0 Å². The molecule has 1 aliphatic heterocycles. The van der Waals surface area contributed by atoms with Crippen LogP contribution in [0.15, 0.2) is 48.7 Å². The fourth-order valence-corrected chi connectivity index (χ4v) is 4.68. The van der Waals surface area contributed by atoms with Gasteiger partial charge in [0.05, 0.1) is 0 Å². The van der Waals surface area contributed by atoms with E-state index >= 15 is 0 Å². The van der Waals surface area contributed by atoms with E-state index in [1.165, 1.54) is 53.5 Å². The zero-order valence-corrected chi connectivity index (χ0v) is 15.5. The standard InChI is InChI=1S/C23H28N2/c1-16-7-6-8-17(2)23(16)19-11-13-25(14-12-19)18(3)21-15-24-22-10-5-4-9-20(21)22/h4-10,15,18-19,24H,11-14H2,1-3H3. The number of benzene rings is 2. The van der Waals surface area contributed by atoms with Crippen LogP contribution in [0.3, 0.4) is 0 Å². The Morgan fingerprint density at radius 3 is 2.36 bits per heavy atom. The number of hydrogen-bond donors (Lipinski definition) is 1. The van der Waals surface area contributed by atoms with Gasteiger partial charge in [0.15, 0.2) is 0 Å². The molecular weight excluding hydrogens is 304 g/mol. The Morgan fingerprint density at radius 1 is 0.960 bits per heavy atom. The number of nitrogens with zero attached hydrogens (tertiary/aromatic N) is 1. The number of likely N-dealkylation sites (tertiary alicyclic amines) is 1. The zero-order chi connectivity index (χ0) is 17.4. The molecule has 4 rings (SSSR count). The van der Waals surface area contributed by atoms with E-state index < -0.39 is 0 Å². The van der Waals surface area contributed by atoms with Gasteiger partial charge in [0.25, 0.3) is 0 Å². The van der Waals surface area contributed by atoms with Crippen LogP contribution in [0.4, 0.5) is 0 Å². The number of aromatic nitrogens is 1. The van der Waals surface area contributed by atoms with Crippen LogP contribution in [0.1, 0.15) is 54.0 Å². The van der Waals surface area contributed by atoms with Crippen molar-refractivity contribution >= 4 is 10.9 Å². The third-order valence-corrected chi connectivity index (χ3v) is 6.10. The molecule has 1 aromatic heterocycles. The second kappa shape index (κ2) is 6.68. The van der Waals surface area contributed by atoms with E-state index in [0.29, 0.717) is 12.0 Å². The summed E-state index contributed by atoms with van der Waals surface area (Å²) in [6, 6.07) is 15.8. The minimum absolute atomic E-state index is 0.468. The number of para-hydroxylation sites is 1. The van der Waals surface area contributed by atoms with Crippen LogP contribution < -0.4 is 0 Å². The van der Waals surface area contributed by atoms with E-state index in [4.69, 9.17) is 0 Å². The molecule has 2 nitrogen and oxygen atoms in total. The highest BCUT2D eigenvalue weighted by atomic mass is 15.2. The van der Waals surface area contributed by atoms with Crippen LogP contribution in [-0.2, 0) is 0 Å². The van der Waals surface area contributed by atoms with Crippen LogP contribution in [0.25, 0.3) is 10.9 Å². The lowest BCUT2D eigenvalue weighted by Gasteiger charge is -2.37. The van der Waals surface area contributed by atoms with Crippen molar-refractivity contribution in [3.05, 3.63) is 70.9 Å². The van der Waals surface area contributed by atoms with E-state index in [-0.39, 0.29) is 0 Å². The van der Waals surface area contributed by atoms with Crippen LogP contribution in [0.5, 0.6) is 0 Å². The Labute approximate surface area is 150 Å². The molecule has 0 bridgehead atoms. The lowest BCUT2D eigenvalue weighted by molar-refractivity contribution is 0.163. The van der Waals surface area contributed by atoms with Gasteiger partial charge in [-0.25, -0.2) is 0 Å². The second-order valence-electron chi connectivity index (χ2n) is 7.58. The second-order valence-corrected chi connectivity index (χ2v) is 7.58. The van der Waals surface area contributed by atoms with Crippen molar-refractivity contribution < 1.29 is 0 Å². The smallest absolute Gasteiger partial charge is 0.0457 e. The Balaban J connectivity index is 1.50. The highest BCUT2D eigenvalue weighted by molar-refractivity contribution is 5.83. The molecule has 1 unspecified atom stereocenters. The summed E-state index contributed by atoms with van der Waals surface area (Å²) in [7, 11) is 0. The Kier molecular flexibility index (Phi) is 4.39. The first kappa shape index (κ1) is 16.4. The maximum Gasteiger partial charge on any atom is 0.0457 e. The molecule has 3 aromatic rings. The summed E-state index contributed by atoms with van der Waals surface area (Å²) in [5, 5.41) is 1.37. The summed E-state index contributed by atoms with van der Waals surface area (Å²) in [4.78, 5) is 6.08. The summed E-state index contributed by atoms with van der Waals surface area (Å²) in [6.45, 7) is 9.25. The molecule has 0 aliphatic carbocycles. The molecule has 1 atom stereocenters. The Morgan fingerprint density at radius 2 is 1.64 bits per heavy atom. The largest absolute Gasteiger partial charge is 0.361 e. The minimum atomic E-state index is 0.468. The van der Waals surface area contributed by atoms with Crippen molar-refractivity contribution in [2.75, 3.05) is 13.1 Å². The first-order valence-corrected chi connectivity index (χ1v) is 9.51. The maximum atomic E-state index is 3.43. The minimum Gasteiger partial charge on any atom is -0.361 e. The molecule has 0 radical (unpaired) electrons. The zero-order valence-electron chi connectivity index (χ0n) is 15.5. The number of fused-ring (bicyclic) bond motifs is 1. The average molecular weight is 332 g/mol. The first-order chi connectivity index (χ1) is 12.1. The predicted molar refractivity (Wildman–Crippen MR) is 106 cm³/mol. The first-order valence-electron chi connectivity index (χ1n) is 9.51. The van der Waals surface area contributed by atoms with Gasteiger partial charge >= 0.3 is 0 Å². The number of aryl methyl sites for hydroxylation is 2. The Bertz CT molecular complexity index is 848. The number of H-pyrrole nitrogens is 1. The number of piperidine rings is 1. The summed E-state index contributed by atoms with van der Waals surface area (Å²) < 4.78 is 0. The van der Waals surface area contributed by atoms with Crippen LogP contribution in [0, 0.1) is 13.8 Å². The van der Waals surface area contributed by atoms with Crippen molar-refractivity contribution in [1.29, 1.82) is 0 Å². The normalized spacial score (nSPS) is 17.9. The van der Waals surface area contributed by atoms with Crippen molar-refractivity contribution in [3.63, 3.8) is 0 Å². The van der Waals surface area contributed by atoms with E-state index in [2.05, 4.69) is 79.3 Å². The Hall–Kier alpha value is -2.06. The molecule has 2 heterocycles. The quantitative estimate of drug-likeness (QED) is 0.649. The molecule has 0 spiro atoms. The molecule has 130 valence electrons. The monoisotopic (exact) mass is 332 g/mol. The van der Waals surface area contributed by atoms with Gasteiger partial charge in [-0.3, -0.25) is 4.90 Å². The molecule has 2 aromatic carbocycles. The highest BCUT2D eigenvalue weighted by Crippen LogP contribution is 2.36. The third kappa shape index (κ3) is 3.00. The molecule has 1 saturated heterocycles. The van der Waals surface area contributed by atoms with Crippen LogP contribution in [-0.4, -0.2) is 23.0 Å². The summed E-state index contributed by atoms with van der Waals surface area (Å²) in [5.74, 6) is 0.715. The number of hydrogen-bond acceptors (Lipinski definition) is 1. The molecule has 0 amide bonds. The van der Waals surface area contributed by atoms with Crippen molar-refractivity contribution in [1.82, 2.24) is 9.88 Å². The van der Waals surface area contributed by atoms with Gasteiger partial charge in [-0.05, 0) is 80.9 Å². The van der Waals surface area contributed by atoms with Crippen LogP contribution >= 0.6 is 0 Å². The summed E-state index contributed by atoms with van der Waals surface area (Å²) in [6.07, 6.45) is 4.73. The van der Waals surface area contributed by atoms with E-state index in [1.807, 2.05) is 0 Å². The lowest BCUT2D eigenvalue weighted by atomic mass is 9.83. The molecular formula is C23H28N2. The van der Waals surface area contributed by atoms with Gasteiger partial charge < -0.3 is 4.98 Å². The number of nitrogens with one attached hydrogen (secondary N) is 1. The van der Waals surface area contributed by atoms with Crippen molar-refractivity contribution in [2.45, 2.75) is 45.6 Å². The lowest BCUT2D eigenvalue weighted by Crippen LogP contribution is -2.35. The van der Waals surface area contributed by atoms with Gasteiger partial charge in [-0.2, -0.15) is 0 Å². The highest BCUT2D eigenvalue weighted by Gasteiger charge is 2.27. The van der Waals surface area contributed by atoms with Crippen molar-refractivity contribution in [3.8, 4) is 0 Å². The summed E-state index contributed by atoms with van der Waals surface area (Å²) >= 11 is 0. The molecule has 1 fully saturated rings. The third-order valence-electron chi connectivity index (χ3n) is 6.10. The van der Waals surface area contributed by atoms with Gasteiger partial charge in [-0.15, -0.1) is 0 Å². The van der Waals surface area contributed by atoms with Gasteiger partial charge in [0.2, 0.25) is 0 Å². The number of aromatic amines is 1. The van der Waals surface area contributed by atoms with E-state index in [9.17, 15) is 0 Å².